The van der Waals surface area contributed by atoms with Gasteiger partial charge in [0.05, 0.1) is 5.69 Å². The summed E-state index contributed by atoms with van der Waals surface area (Å²) in [7, 11) is 1.96. The lowest BCUT2D eigenvalue weighted by molar-refractivity contribution is 0.653. The maximum absolute atomic E-state index is 4.73. The first-order valence-electron chi connectivity index (χ1n) is 6.96. The summed E-state index contributed by atoms with van der Waals surface area (Å²) in [6.45, 7) is 2.93. The zero-order valence-corrected chi connectivity index (χ0v) is 11.6. The fraction of sp³-hybridized carbons (Fsp3) is 0.467. The molecule has 0 atom stereocenters. The monoisotopic (exact) mass is 256 g/mol. The quantitative estimate of drug-likeness (QED) is 0.915. The van der Waals surface area contributed by atoms with Crippen LogP contribution in [0.1, 0.15) is 35.5 Å². The van der Waals surface area contributed by atoms with Crippen molar-refractivity contribution >= 4 is 0 Å². The van der Waals surface area contributed by atoms with Crippen LogP contribution in [-0.4, -0.2) is 21.6 Å². The van der Waals surface area contributed by atoms with Gasteiger partial charge < -0.3 is 5.32 Å². The molecule has 0 spiro atoms. The highest BCUT2D eigenvalue weighted by molar-refractivity contribution is 5.34. The van der Waals surface area contributed by atoms with Gasteiger partial charge in [-0.3, -0.25) is 4.57 Å². The van der Waals surface area contributed by atoms with E-state index in [9.17, 15) is 0 Å². The highest BCUT2D eigenvalue weighted by atomic mass is 15.1. The van der Waals surface area contributed by atoms with Crippen molar-refractivity contribution in [1.82, 2.24) is 19.9 Å². The second kappa shape index (κ2) is 5.13. The highest BCUT2D eigenvalue weighted by Crippen LogP contribution is 2.22. The Hall–Kier alpha value is -1.68. The minimum Gasteiger partial charge on any atom is -0.316 e. The molecule has 100 valence electrons. The van der Waals surface area contributed by atoms with Crippen molar-refractivity contribution in [2.45, 2.75) is 39.2 Å². The fourth-order valence-corrected chi connectivity index (χ4v) is 2.75. The van der Waals surface area contributed by atoms with Crippen LogP contribution in [0.3, 0.4) is 0 Å². The predicted octanol–water partition coefficient (Wildman–Crippen LogP) is 2.17. The summed E-state index contributed by atoms with van der Waals surface area (Å²) in [4.78, 5) is 9.26. The first kappa shape index (κ1) is 12.4. The Morgan fingerprint density at radius 1 is 1.26 bits per heavy atom. The molecule has 0 saturated carbocycles. The van der Waals surface area contributed by atoms with Gasteiger partial charge in [0, 0.05) is 17.9 Å². The molecule has 4 nitrogen and oxygen atoms in total. The smallest absolute Gasteiger partial charge is 0.138 e. The first-order valence-corrected chi connectivity index (χ1v) is 6.96. The Morgan fingerprint density at radius 2 is 2.11 bits per heavy atom. The molecule has 2 aromatic heterocycles. The molecule has 2 heterocycles. The van der Waals surface area contributed by atoms with E-state index in [-0.39, 0.29) is 0 Å². The molecule has 0 saturated heterocycles. The van der Waals surface area contributed by atoms with Gasteiger partial charge in [-0.05, 0) is 51.3 Å². The molecule has 0 aliphatic heterocycles. The second-order valence-corrected chi connectivity index (χ2v) is 5.16. The van der Waals surface area contributed by atoms with Gasteiger partial charge >= 0.3 is 0 Å². The van der Waals surface area contributed by atoms with Crippen LogP contribution in [0.4, 0.5) is 0 Å². The molecular weight excluding hydrogens is 236 g/mol. The van der Waals surface area contributed by atoms with E-state index in [1.165, 1.54) is 29.8 Å². The van der Waals surface area contributed by atoms with Crippen LogP contribution >= 0.6 is 0 Å². The van der Waals surface area contributed by atoms with Crippen LogP contribution in [0.25, 0.3) is 5.82 Å². The summed E-state index contributed by atoms with van der Waals surface area (Å²) in [6, 6.07) is 4.25. The molecule has 1 N–H and O–H groups in total. The molecular formula is C15H20N4. The molecule has 19 heavy (non-hydrogen) atoms. The molecule has 2 aromatic rings. The first-order chi connectivity index (χ1) is 9.29. The highest BCUT2D eigenvalue weighted by Gasteiger charge is 2.16. The van der Waals surface area contributed by atoms with Crippen molar-refractivity contribution in [1.29, 1.82) is 0 Å². The third-order valence-corrected chi connectivity index (χ3v) is 3.82. The maximum atomic E-state index is 4.73. The van der Waals surface area contributed by atoms with Crippen LogP contribution < -0.4 is 5.32 Å². The average Bonchev–Trinajstić information content (AvgIpc) is 2.85. The lowest BCUT2D eigenvalue weighted by Crippen LogP contribution is -2.11. The number of aromatic nitrogens is 3. The Kier molecular flexibility index (Phi) is 3.34. The second-order valence-electron chi connectivity index (χ2n) is 5.16. The fourth-order valence-electron chi connectivity index (χ4n) is 2.75. The summed E-state index contributed by atoms with van der Waals surface area (Å²) >= 11 is 0. The predicted molar refractivity (Wildman–Crippen MR) is 75.5 cm³/mol. The molecule has 4 heteroatoms. The van der Waals surface area contributed by atoms with Gasteiger partial charge in [0.15, 0.2) is 0 Å². The number of nitrogens with zero attached hydrogens (tertiary/aromatic N) is 3. The largest absolute Gasteiger partial charge is 0.316 e. The van der Waals surface area contributed by atoms with Gasteiger partial charge in [0.25, 0.3) is 0 Å². The number of imidazole rings is 1. The van der Waals surface area contributed by atoms with E-state index in [4.69, 9.17) is 4.98 Å². The van der Waals surface area contributed by atoms with Crippen molar-refractivity contribution in [2.24, 2.45) is 0 Å². The van der Waals surface area contributed by atoms with Crippen LogP contribution in [0, 0.1) is 6.92 Å². The van der Waals surface area contributed by atoms with E-state index in [1.807, 2.05) is 13.4 Å². The zero-order valence-electron chi connectivity index (χ0n) is 11.6. The van der Waals surface area contributed by atoms with E-state index in [0.717, 1.165) is 30.9 Å². The zero-order chi connectivity index (χ0) is 13.2. The molecule has 1 aliphatic carbocycles. The molecule has 1 aliphatic rings. The van der Waals surface area contributed by atoms with Crippen molar-refractivity contribution in [2.75, 3.05) is 7.05 Å². The van der Waals surface area contributed by atoms with Crippen molar-refractivity contribution in [3.8, 4) is 5.82 Å². The van der Waals surface area contributed by atoms with Crippen LogP contribution in [0.5, 0.6) is 0 Å². The number of rotatable bonds is 3. The maximum Gasteiger partial charge on any atom is 0.138 e. The number of hydrogen-bond acceptors (Lipinski definition) is 3. The molecule has 0 aromatic carbocycles. The summed E-state index contributed by atoms with van der Waals surface area (Å²) in [5.41, 5.74) is 4.94. The van der Waals surface area contributed by atoms with Gasteiger partial charge in [-0.2, -0.15) is 0 Å². The van der Waals surface area contributed by atoms with E-state index in [1.54, 1.807) is 0 Å². The Morgan fingerprint density at radius 3 is 2.89 bits per heavy atom. The minimum atomic E-state index is 0.862. The minimum absolute atomic E-state index is 0.862. The lowest BCUT2D eigenvalue weighted by atomic mass is 10.0. The molecule has 0 amide bonds. The number of aryl methyl sites for hydroxylation is 2. The van der Waals surface area contributed by atoms with E-state index in [0.29, 0.717) is 0 Å². The van der Waals surface area contributed by atoms with Gasteiger partial charge in [0.1, 0.15) is 12.1 Å². The Balaban J connectivity index is 1.98. The van der Waals surface area contributed by atoms with Gasteiger partial charge in [-0.1, -0.05) is 6.07 Å². The van der Waals surface area contributed by atoms with Crippen LogP contribution in [-0.2, 0) is 19.4 Å². The van der Waals surface area contributed by atoms with Gasteiger partial charge in [-0.15, -0.1) is 0 Å². The Bertz CT molecular complexity index is 586. The normalized spacial score (nSPS) is 14.4. The van der Waals surface area contributed by atoms with Crippen molar-refractivity contribution in [3.05, 3.63) is 41.1 Å². The number of fused-ring (bicyclic) bond motifs is 1. The molecule has 3 rings (SSSR count). The topological polar surface area (TPSA) is 42.7 Å². The molecule has 0 radical (unpaired) electrons. The van der Waals surface area contributed by atoms with E-state index in [2.05, 4.69) is 33.9 Å². The summed E-state index contributed by atoms with van der Waals surface area (Å²) in [5, 5.41) is 3.17. The van der Waals surface area contributed by atoms with Crippen molar-refractivity contribution < 1.29 is 0 Å². The van der Waals surface area contributed by atoms with E-state index < -0.39 is 0 Å². The average molecular weight is 256 g/mol. The van der Waals surface area contributed by atoms with E-state index >= 15 is 0 Å². The Labute approximate surface area is 113 Å². The number of pyridine rings is 1. The number of hydrogen-bond donors (Lipinski definition) is 1. The molecule has 0 bridgehead atoms. The summed E-state index contributed by atoms with van der Waals surface area (Å²) in [5.74, 6) is 0.994. The van der Waals surface area contributed by atoms with Crippen LogP contribution in [0.2, 0.25) is 0 Å². The van der Waals surface area contributed by atoms with Gasteiger partial charge in [0.2, 0.25) is 0 Å². The third kappa shape index (κ3) is 2.28. The summed E-state index contributed by atoms with van der Waals surface area (Å²) < 4.78 is 2.16. The van der Waals surface area contributed by atoms with Gasteiger partial charge in [-0.25, -0.2) is 9.97 Å². The lowest BCUT2D eigenvalue weighted by Gasteiger charge is -2.14. The van der Waals surface area contributed by atoms with Crippen molar-refractivity contribution in [3.63, 3.8) is 0 Å². The van der Waals surface area contributed by atoms with Crippen LogP contribution in [0.15, 0.2) is 18.5 Å². The molecule has 0 unspecified atom stereocenters. The number of nitrogens with one attached hydrogen (secondary N) is 1. The SMILES string of the molecule is CNCc1ccc(-n2cnc3c2CCCC3)nc1C. The molecule has 0 fully saturated rings. The third-order valence-electron chi connectivity index (χ3n) is 3.82. The summed E-state index contributed by atoms with van der Waals surface area (Å²) in [6.07, 6.45) is 6.68. The standard InChI is InChI=1S/C15H20N4/c1-11-12(9-16-2)7-8-15(18-11)19-10-17-13-5-3-4-6-14(13)19/h7-8,10,16H,3-6,9H2,1-2H3.